The highest BCUT2D eigenvalue weighted by atomic mass is 127. The van der Waals surface area contributed by atoms with Gasteiger partial charge in [0.15, 0.2) is 0 Å². The second-order valence-electron chi connectivity index (χ2n) is 5.09. The molecule has 0 saturated heterocycles. The van der Waals surface area contributed by atoms with E-state index in [0.29, 0.717) is 11.8 Å². The molecule has 3 heteroatoms. The van der Waals surface area contributed by atoms with E-state index in [0.717, 1.165) is 12.2 Å². The topological polar surface area (TPSA) is 23.5 Å². The number of benzene rings is 1. The summed E-state index contributed by atoms with van der Waals surface area (Å²) in [6.45, 7) is 5.34. The van der Waals surface area contributed by atoms with Crippen LogP contribution in [0.3, 0.4) is 0 Å². The van der Waals surface area contributed by atoms with Crippen LogP contribution in [0.25, 0.3) is 0 Å². The number of aliphatic hydroxyl groups excluding tert-OH is 1. The van der Waals surface area contributed by atoms with Crippen LogP contribution in [0, 0.1) is 11.8 Å². The first-order valence-corrected chi connectivity index (χ1v) is 7.68. The van der Waals surface area contributed by atoms with Gasteiger partial charge >= 0.3 is 0 Å². The molecule has 1 aromatic carbocycles. The number of hydrogen-bond acceptors (Lipinski definition) is 2. The molecule has 0 fully saturated rings. The molecule has 1 aliphatic rings. The Kier molecular flexibility index (Phi) is 5.05. The van der Waals surface area contributed by atoms with Crippen molar-refractivity contribution < 1.29 is 5.11 Å². The first kappa shape index (κ1) is 14.6. The summed E-state index contributed by atoms with van der Waals surface area (Å²) >= 11 is 2.37. The summed E-state index contributed by atoms with van der Waals surface area (Å²) in [7, 11) is 0. The van der Waals surface area contributed by atoms with Crippen molar-refractivity contribution >= 4 is 28.3 Å². The predicted molar refractivity (Wildman–Crippen MR) is 89.4 cm³/mol. The minimum atomic E-state index is 0.0444. The Morgan fingerprint density at radius 1 is 1.21 bits per heavy atom. The first-order valence-electron chi connectivity index (χ1n) is 6.60. The summed E-state index contributed by atoms with van der Waals surface area (Å²) in [6, 6.07) is 10.1. The van der Waals surface area contributed by atoms with Gasteiger partial charge in [0, 0.05) is 15.8 Å². The zero-order chi connectivity index (χ0) is 13.8. The van der Waals surface area contributed by atoms with E-state index in [9.17, 15) is 5.11 Å². The molecule has 19 heavy (non-hydrogen) atoms. The monoisotopic (exact) mass is 369 g/mol. The van der Waals surface area contributed by atoms with Gasteiger partial charge in [-0.2, -0.15) is 0 Å². The van der Waals surface area contributed by atoms with E-state index in [4.69, 9.17) is 0 Å². The van der Waals surface area contributed by atoms with E-state index < -0.39 is 0 Å². The third-order valence-corrected chi connectivity index (χ3v) is 4.46. The smallest absolute Gasteiger partial charge is 0.116 e. The van der Waals surface area contributed by atoms with E-state index in [1.165, 1.54) is 9.15 Å². The fourth-order valence-corrected chi connectivity index (χ4v) is 3.33. The second-order valence-corrected chi connectivity index (χ2v) is 6.34. The van der Waals surface area contributed by atoms with Gasteiger partial charge in [-0.15, -0.1) is 0 Å². The average Bonchev–Trinajstić information content (AvgIpc) is 2.42. The van der Waals surface area contributed by atoms with Crippen LogP contribution < -0.4 is 4.90 Å². The van der Waals surface area contributed by atoms with E-state index >= 15 is 0 Å². The molecule has 1 aromatic rings. The number of rotatable bonds is 4. The Bertz CT molecular complexity index is 481. The van der Waals surface area contributed by atoms with Gasteiger partial charge in [0.25, 0.3) is 0 Å². The van der Waals surface area contributed by atoms with Crippen LogP contribution in [0.4, 0.5) is 5.69 Å². The molecule has 1 N–H and O–H groups in total. The van der Waals surface area contributed by atoms with Gasteiger partial charge in [0.2, 0.25) is 0 Å². The van der Waals surface area contributed by atoms with Crippen molar-refractivity contribution in [2.75, 3.05) is 18.2 Å². The molecule has 0 bridgehead atoms. The molecule has 0 radical (unpaired) electrons. The van der Waals surface area contributed by atoms with Crippen molar-refractivity contribution in [3.8, 4) is 0 Å². The van der Waals surface area contributed by atoms with E-state index in [1.807, 2.05) is 35.2 Å². The van der Waals surface area contributed by atoms with Crippen molar-refractivity contribution in [3.05, 3.63) is 51.6 Å². The first-order chi connectivity index (χ1) is 9.11. The lowest BCUT2D eigenvalue weighted by molar-refractivity contribution is 0.292. The van der Waals surface area contributed by atoms with Crippen LogP contribution in [-0.2, 0) is 0 Å². The highest BCUT2D eigenvalue weighted by Gasteiger charge is 2.21. The summed E-state index contributed by atoms with van der Waals surface area (Å²) in [5, 5.41) is 9.61. The Hall–Kier alpha value is -0.810. The van der Waals surface area contributed by atoms with Crippen LogP contribution in [-0.4, -0.2) is 18.4 Å². The number of para-hydroxylation sites is 1. The molecule has 1 aliphatic carbocycles. The number of hydrogen-bond donors (Lipinski definition) is 1. The highest BCUT2D eigenvalue weighted by Crippen LogP contribution is 2.32. The van der Waals surface area contributed by atoms with Gasteiger partial charge in [-0.25, -0.2) is 0 Å². The Morgan fingerprint density at radius 2 is 1.89 bits per heavy atom. The zero-order valence-electron chi connectivity index (χ0n) is 11.4. The number of allylic oxidation sites excluding steroid dienone is 3. The van der Waals surface area contributed by atoms with Crippen molar-refractivity contribution in [1.29, 1.82) is 0 Å². The molecule has 0 aromatic heterocycles. The molecule has 0 heterocycles. The van der Waals surface area contributed by atoms with Gasteiger partial charge < -0.3 is 10.0 Å². The van der Waals surface area contributed by atoms with E-state index in [1.54, 1.807) is 0 Å². The lowest BCUT2D eigenvalue weighted by Gasteiger charge is -2.30. The van der Waals surface area contributed by atoms with Crippen molar-refractivity contribution in [1.82, 2.24) is 0 Å². The van der Waals surface area contributed by atoms with Gasteiger partial charge in [0.1, 0.15) is 6.73 Å². The highest BCUT2D eigenvalue weighted by molar-refractivity contribution is 14.1. The number of halogens is 1. The minimum Gasteiger partial charge on any atom is -0.376 e. The molecule has 0 saturated carbocycles. The summed E-state index contributed by atoms with van der Waals surface area (Å²) in [4.78, 5) is 2.00. The lowest BCUT2D eigenvalue weighted by atomic mass is 9.84. The molecular weight excluding hydrogens is 349 g/mol. The summed E-state index contributed by atoms with van der Waals surface area (Å²) in [5.74, 6) is 1.08. The maximum absolute atomic E-state index is 9.61. The molecular formula is C16H20INO. The number of anilines is 1. The van der Waals surface area contributed by atoms with Crippen LogP contribution in [0.2, 0.25) is 0 Å². The fraction of sp³-hybridized carbons (Fsp3) is 0.375. The normalized spacial score (nSPS) is 22.7. The maximum Gasteiger partial charge on any atom is 0.116 e. The Morgan fingerprint density at radius 3 is 2.53 bits per heavy atom. The lowest BCUT2D eigenvalue weighted by Crippen LogP contribution is -2.30. The molecule has 102 valence electrons. The number of aliphatic hydroxyl groups is 1. The average molecular weight is 369 g/mol. The molecule has 2 rings (SSSR count). The van der Waals surface area contributed by atoms with Crippen molar-refractivity contribution in [2.24, 2.45) is 11.8 Å². The maximum atomic E-state index is 9.61. The van der Waals surface area contributed by atoms with Crippen molar-refractivity contribution in [3.63, 3.8) is 0 Å². The largest absolute Gasteiger partial charge is 0.376 e. The van der Waals surface area contributed by atoms with Crippen molar-refractivity contribution in [2.45, 2.75) is 13.8 Å². The molecule has 2 atom stereocenters. The summed E-state index contributed by atoms with van der Waals surface area (Å²) in [5.41, 5.74) is 2.45. The van der Waals surface area contributed by atoms with Crippen LogP contribution in [0.15, 0.2) is 51.6 Å². The molecule has 0 aliphatic heterocycles. The van der Waals surface area contributed by atoms with Gasteiger partial charge in [0.05, 0.1) is 0 Å². The standard InChI is InChI=1S/C16H20INO/c1-12-8-15(17)9-14(13(12)2)10-18(11-19)16-6-4-3-5-7-16/h3-9,12-13,19H,10-11H2,1-2H3. The van der Waals surface area contributed by atoms with Gasteiger partial charge in [-0.3, -0.25) is 0 Å². The quantitative estimate of drug-likeness (QED) is 0.641. The summed E-state index contributed by atoms with van der Waals surface area (Å²) in [6.07, 6.45) is 4.55. The predicted octanol–water partition coefficient (Wildman–Crippen LogP) is 3.97. The summed E-state index contributed by atoms with van der Waals surface area (Å²) < 4.78 is 1.30. The van der Waals surface area contributed by atoms with Gasteiger partial charge in [-0.05, 0) is 58.2 Å². The molecule has 2 nitrogen and oxygen atoms in total. The molecule has 0 spiro atoms. The van der Waals surface area contributed by atoms with E-state index in [2.05, 4.69) is 48.6 Å². The van der Waals surface area contributed by atoms with Crippen LogP contribution in [0.5, 0.6) is 0 Å². The zero-order valence-corrected chi connectivity index (χ0v) is 13.5. The minimum absolute atomic E-state index is 0.0444. The molecule has 2 unspecified atom stereocenters. The SMILES string of the molecule is CC1C=C(I)C=C(CN(CO)c2ccccc2)C1C. The number of nitrogens with zero attached hydrogens (tertiary/aromatic N) is 1. The van der Waals surface area contributed by atoms with Crippen LogP contribution in [0.1, 0.15) is 13.8 Å². The Labute approximate surface area is 129 Å². The Balaban J connectivity index is 2.17. The third-order valence-electron chi connectivity index (χ3n) is 3.78. The van der Waals surface area contributed by atoms with E-state index in [-0.39, 0.29) is 6.73 Å². The second kappa shape index (κ2) is 6.57. The van der Waals surface area contributed by atoms with Gasteiger partial charge in [-0.1, -0.05) is 38.1 Å². The fourth-order valence-electron chi connectivity index (χ4n) is 2.36. The van der Waals surface area contributed by atoms with Crippen LogP contribution >= 0.6 is 22.6 Å². The third kappa shape index (κ3) is 3.60. The molecule has 0 amide bonds.